The molecule has 1 aromatic rings. The van der Waals surface area contributed by atoms with Crippen molar-refractivity contribution in [1.29, 1.82) is 0 Å². The number of benzene rings is 1. The molecule has 17 heavy (non-hydrogen) atoms. The molecule has 0 saturated carbocycles. The van der Waals surface area contributed by atoms with Gasteiger partial charge in [0.15, 0.2) is 0 Å². The molecular formula is C12H16BrClO3. The summed E-state index contributed by atoms with van der Waals surface area (Å²) in [5.74, 6) is 0.134. The van der Waals surface area contributed by atoms with Gasteiger partial charge in [-0.1, -0.05) is 15.9 Å². The van der Waals surface area contributed by atoms with Gasteiger partial charge >= 0.3 is 5.97 Å². The van der Waals surface area contributed by atoms with Crippen LogP contribution in [0.5, 0.6) is 5.75 Å². The first kappa shape index (κ1) is 16.3. The van der Waals surface area contributed by atoms with Crippen molar-refractivity contribution in [2.75, 3.05) is 13.7 Å². The number of esters is 1. The minimum atomic E-state index is -0.326. The average Bonchev–Trinajstić information content (AvgIpc) is 2.28. The SMILES string of the molecule is CCOC(=O)C(C)c1cc(Br)ccc1OC.Cl. The Morgan fingerprint density at radius 3 is 2.65 bits per heavy atom. The van der Waals surface area contributed by atoms with E-state index >= 15 is 0 Å². The van der Waals surface area contributed by atoms with Crippen LogP contribution >= 0.6 is 28.3 Å². The standard InChI is InChI=1S/C12H15BrO3.ClH/c1-4-16-12(14)8(2)10-7-9(13)5-6-11(10)15-3;/h5-8H,4H2,1-3H3;1H. The number of hydrogen-bond donors (Lipinski definition) is 0. The summed E-state index contributed by atoms with van der Waals surface area (Å²) in [4.78, 5) is 11.6. The summed E-state index contributed by atoms with van der Waals surface area (Å²) in [6.07, 6.45) is 0. The molecule has 0 bridgehead atoms. The quantitative estimate of drug-likeness (QED) is 0.795. The fraction of sp³-hybridized carbons (Fsp3) is 0.417. The number of rotatable bonds is 4. The number of ether oxygens (including phenoxy) is 2. The van der Waals surface area contributed by atoms with Crippen molar-refractivity contribution in [2.45, 2.75) is 19.8 Å². The number of methoxy groups -OCH3 is 1. The minimum Gasteiger partial charge on any atom is -0.496 e. The van der Waals surface area contributed by atoms with Crippen LogP contribution in [-0.4, -0.2) is 19.7 Å². The van der Waals surface area contributed by atoms with Gasteiger partial charge in [-0.2, -0.15) is 0 Å². The number of carbonyl (C=O) groups is 1. The summed E-state index contributed by atoms with van der Waals surface area (Å²) in [5, 5.41) is 0. The topological polar surface area (TPSA) is 35.5 Å². The summed E-state index contributed by atoms with van der Waals surface area (Å²) in [6, 6.07) is 5.58. The molecule has 0 N–H and O–H groups in total. The lowest BCUT2D eigenvalue weighted by atomic mass is 10.0. The molecular weight excluding hydrogens is 307 g/mol. The van der Waals surface area contributed by atoms with Crippen LogP contribution in [-0.2, 0) is 9.53 Å². The zero-order chi connectivity index (χ0) is 12.1. The monoisotopic (exact) mass is 322 g/mol. The molecule has 3 nitrogen and oxygen atoms in total. The first-order chi connectivity index (χ1) is 7.60. The zero-order valence-electron chi connectivity index (χ0n) is 10.0. The molecule has 1 rings (SSSR count). The second kappa shape index (κ2) is 7.56. The van der Waals surface area contributed by atoms with Gasteiger partial charge in [-0.25, -0.2) is 0 Å². The Kier molecular flexibility index (Phi) is 7.23. The molecule has 0 aliphatic heterocycles. The van der Waals surface area contributed by atoms with E-state index in [-0.39, 0.29) is 24.3 Å². The maximum absolute atomic E-state index is 11.6. The third-order valence-corrected chi connectivity index (χ3v) is 2.79. The second-order valence-electron chi connectivity index (χ2n) is 3.36. The van der Waals surface area contributed by atoms with Gasteiger partial charge in [0.05, 0.1) is 19.6 Å². The van der Waals surface area contributed by atoms with Crippen molar-refractivity contribution in [1.82, 2.24) is 0 Å². The van der Waals surface area contributed by atoms with E-state index in [2.05, 4.69) is 15.9 Å². The fourth-order valence-corrected chi connectivity index (χ4v) is 1.82. The maximum atomic E-state index is 11.6. The predicted molar refractivity (Wildman–Crippen MR) is 73.0 cm³/mol. The van der Waals surface area contributed by atoms with Crippen molar-refractivity contribution in [3.05, 3.63) is 28.2 Å². The van der Waals surface area contributed by atoms with Crippen LogP contribution in [0.4, 0.5) is 0 Å². The highest BCUT2D eigenvalue weighted by molar-refractivity contribution is 9.10. The summed E-state index contributed by atoms with van der Waals surface area (Å²) in [6.45, 7) is 3.99. The van der Waals surface area contributed by atoms with Crippen molar-refractivity contribution in [3.8, 4) is 5.75 Å². The summed E-state index contributed by atoms with van der Waals surface area (Å²) in [5.41, 5.74) is 0.829. The molecule has 0 heterocycles. The molecule has 1 atom stereocenters. The third kappa shape index (κ3) is 4.21. The van der Waals surface area contributed by atoms with Crippen molar-refractivity contribution in [3.63, 3.8) is 0 Å². The first-order valence-electron chi connectivity index (χ1n) is 5.10. The largest absolute Gasteiger partial charge is 0.496 e. The van der Waals surface area contributed by atoms with Gasteiger partial charge in [-0.3, -0.25) is 4.79 Å². The van der Waals surface area contributed by atoms with Gasteiger partial charge in [-0.15, -0.1) is 12.4 Å². The number of carbonyl (C=O) groups excluding carboxylic acids is 1. The maximum Gasteiger partial charge on any atom is 0.313 e. The molecule has 5 heteroatoms. The first-order valence-corrected chi connectivity index (χ1v) is 5.89. The van der Waals surface area contributed by atoms with Crippen molar-refractivity contribution >= 4 is 34.3 Å². The van der Waals surface area contributed by atoms with Crippen molar-refractivity contribution in [2.24, 2.45) is 0 Å². The summed E-state index contributed by atoms with van der Waals surface area (Å²) >= 11 is 3.37. The van der Waals surface area contributed by atoms with E-state index in [0.29, 0.717) is 12.4 Å². The molecule has 0 aliphatic carbocycles. The molecule has 0 amide bonds. The van der Waals surface area contributed by atoms with Crippen LogP contribution in [0.15, 0.2) is 22.7 Å². The number of hydrogen-bond acceptors (Lipinski definition) is 3. The highest BCUT2D eigenvalue weighted by Gasteiger charge is 2.20. The Labute approximate surface area is 116 Å². The smallest absolute Gasteiger partial charge is 0.313 e. The van der Waals surface area contributed by atoms with Crippen LogP contribution in [0.3, 0.4) is 0 Å². The summed E-state index contributed by atoms with van der Waals surface area (Å²) < 4.78 is 11.1. The van der Waals surface area contributed by atoms with E-state index in [4.69, 9.17) is 9.47 Å². The second-order valence-corrected chi connectivity index (χ2v) is 4.28. The van der Waals surface area contributed by atoms with Gasteiger partial charge in [-0.05, 0) is 32.0 Å². The van der Waals surface area contributed by atoms with E-state index in [9.17, 15) is 4.79 Å². The molecule has 0 saturated heterocycles. The molecule has 1 aromatic carbocycles. The fourth-order valence-electron chi connectivity index (χ4n) is 1.44. The van der Waals surface area contributed by atoms with Crippen LogP contribution in [0.25, 0.3) is 0 Å². The van der Waals surface area contributed by atoms with Gasteiger partial charge < -0.3 is 9.47 Å². The van der Waals surface area contributed by atoms with Crippen LogP contribution < -0.4 is 4.74 Å². The van der Waals surface area contributed by atoms with E-state index in [1.165, 1.54) is 0 Å². The van der Waals surface area contributed by atoms with Crippen LogP contribution in [0.2, 0.25) is 0 Å². The van der Waals surface area contributed by atoms with E-state index in [1.807, 2.05) is 25.1 Å². The summed E-state index contributed by atoms with van der Waals surface area (Å²) in [7, 11) is 1.59. The molecule has 0 aliphatic rings. The Morgan fingerprint density at radius 2 is 2.12 bits per heavy atom. The van der Waals surface area contributed by atoms with Gasteiger partial charge in [0.25, 0.3) is 0 Å². The molecule has 1 unspecified atom stereocenters. The predicted octanol–water partition coefficient (Wildman–Crippen LogP) is 3.55. The molecule has 0 spiro atoms. The lowest BCUT2D eigenvalue weighted by Gasteiger charge is -2.14. The van der Waals surface area contributed by atoms with E-state index in [1.54, 1.807) is 14.0 Å². The highest BCUT2D eigenvalue weighted by Crippen LogP contribution is 2.30. The Hall–Kier alpha value is -0.740. The Bertz CT molecular complexity index is 382. The normalized spacial score (nSPS) is 11.3. The lowest BCUT2D eigenvalue weighted by molar-refractivity contribution is -0.144. The van der Waals surface area contributed by atoms with E-state index in [0.717, 1.165) is 10.0 Å². The lowest BCUT2D eigenvalue weighted by Crippen LogP contribution is -2.13. The van der Waals surface area contributed by atoms with Crippen molar-refractivity contribution < 1.29 is 14.3 Å². The minimum absolute atomic E-state index is 0. The zero-order valence-corrected chi connectivity index (χ0v) is 12.4. The van der Waals surface area contributed by atoms with Gasteiger partial charge in [0, 0.05) is 10.0 Å². The Morgan fingerprint density at radius 1 is 1.47 bits per heavy atom. The Balaban J connectivity index is 0.00000256. The van der Waals surface area contributed by atoms with E-state index < -0.39 is 0 Å². The molecule has 0 radical (unpaired) electrons. The van der Waals surface area contributed by atoms with Crippen LogP contribution in [0.1, 0.15) is 25.3 Å². The average molecular weight is 324 g/mol. The van der Waals surface area contributed by atoms with Gasteiger partial charge in [0.2, 0.25) is 0 Å². The number of halogens is 2. The highest BCUT2D eigenvalue weighted by atomic mass is 79.9. The third-order valence-electron chi connectivity index (χ3n) is 2.30. The van der Waals surface area contributed by atoms with Gasteiger partial charge in [0.1, 0.15) is 5.75 Å². The van der Waals surface area contributed by atoms with Crippen LogP contribution in [0, 0.1) is 0 Å². The molecule has 0 aromatic heterocycles. The molecule has 0 fully saturated rings. The molecule has 96 valence electrons.